The van der Waals surface area contributed by atoms with Crippen LogP contribution >= 0.6 is 23.1 Å². The Morgan fingerprint density at radius 3 is 2.84 bits per heavy atom. The second kappa shape index (κ2) is 7.73. The van der Waals surface area contributed by atoms with Crippen LogP contribution in [0.3, 0.4) is 0 Å². The van der Waals surface area contributed by atoms with E-state index in [0.717, 1.165) is 59.7 Å². The average molecular weight is 456 g/mol. The quantitative estimate of drug-likeness (QED) is 0.534. The Balaban J connectivity index is 1.36. The van der Waals surface area contributed by atoms with Crippen LogP contribution in [-0.2, 0) is 17.6 Å². The molecule has 3 aliphatic rings. The molecule has 0 N–H and O–H groups in total. The van der Waals surface area contributed by atoms with E-state index in [4.69, 9.17) is 4.98 Å². The van der Waals surface area contributed by atoms with Crippen LogP contribution in [0.5, 0.6) is 0 Å². The van der Waals surface area contributed by atoms with E-state index in [1.807, 2.05) is 16.2 Å². The molecule has 6 rings (SSSR count). The van der Waals surface area contributed by atoms with Gasteiger partial charge in [0, 0.05) is 23.9 Å². The van der Waals surface area contributed by atoms with Crippen LogP contribution in [0.2, 0.25) is 0 Å². The summed E-state index contributed by atoms with van der Waals surface area (Å²) in [6.45, 7) is 6.35. The van der Waals surface area contributed by atoms with Crippen molar-refractivity contribution in [1.82, 2.24) is 24.5 Å². The Morgan fingerprint density at radius 1 is 1.16 bits per heavy atom. The highest BCUT2D eigenvalue weighted by atomic mass is 32.2. The largest absolute Gasteiger partial charge is 0.342 e. The molecule has 0 bridgehead atoms. The third-order valence-electron chi connectivity index (χ3n) is 7.07. The highest BCUT2D eigenvalue weighted by Gasteiger charge is 2.32. The van der Waals surface area contributed by atoms with Crippen LogP contribution in [0.4, 0.5) is 0 Å². The van der Waals surface area contributed by atoms with Gasteiger partial charge in [-0.25, -0.2) is 4.98 Å². The molecular weight excluding hydrogens is 426 g/mol. The van der Waals surface area contributed by atoms with Crippen molar-refractivity contribution in [2.45, 2.75) is 69.9 Å². The molecule has 1 saturated carbocycles. The summed E-state index contributed by atoms with van der Waals surface area (Å²) in [7, 11) is 0. The Kier molecular flexibility index (Phi) is 4.98. The van der Waals surface area contributed by atoms with Crippen LogP contribution in [0, 0.1) is 11.8 Å². The highest BCUT2D eigenvalue weighted by Crippen LogP contribution is 2.44. The van der Waals surface area contributed by atoms with E-state index >= 15 is 0 Å². The van der Waals surface area contributed by atoms with Gasteiger partial charge < -0.3 is 4.90 Å². The smallest absolute Gasteiger partial charge is 0.233 e. The monoisotopic (exact) mass is 455 g/mol. The van der Waals surface area contributed by atoms with Crippen molar-refractivity contribution in [3.8, 4) is 0 Å². The van der Waals surface area contributed by atoms with Gasteiger partial charge in [0.1, 0.15) is 10.7 Å². The first-order valence-electron chi connectivity index (χ1n) is 11.7. The molecule has 0 spiro atoms. The van der Waals surface area contributed by atoms with Gasteiger partial charge in [0.05, 0.1) is 11.1 Å². The number of carbonyl (C=O) groups is 1. The fourth-order valence-corrected chi connectivity index (χ4v) is 7.41. The molecule has 3 aromatic rings. The number of likely N-dealkylation sites (tertiary alicyclic amines) is 1. The molecule has 3 aromatic heterocycles. The van der Waals surface area contributed by atoms with E-state index in [1.54, 1.807) is 0 Å². The van der Waals surface area contributed by atoms with Crippen molar-refractivity contribution in [2.24, 2.45) is 11.8 Å². The zero-order valence-electron chi connectivity index (χ0n) is 18.3. The zero-order valence-corrected chi connectivity index (χ0v) is 19.9. The third-order valence-corrected chi connectivity index (χ3v) is 9.13. The maximum Gasteiger partial charge on any atom is 0.233 e. The summed E-state index contributed by atoms with van der Waals surface area (Å²) in [6.07, 6.45) is 8.19. The molecule has 1 amide bonds. The first-order chi connectivity index (χ1) is 15.1. The summed E-state index contributed by atoms with van der Waals surface area (Å²) in [4.78, 5) is 22.6. The number of piperidine rings is 1. The molecule has 2 fully saturated rings. The average Bonchev–Trinajstić information content (AvgIpc) is 3.42. The van der Waals surface area contributed by atoms with Gasteiger partial charge in [-0.15, -0.1) is 21.5 Å². The Labute approximate surface area is 190 Å². The third kappa shape index (κ3) is 3.55. The van der Waals surface area contributed by atoms with E-state index in [0.29, 0.717) is 17.6 Å². The molecule has 0 unspecified atom stereocenters. The molecule has 0 aromatic carbocycles. The molecule has 31 heavy (non-hydrogen) atoms. The molecule has 8 heteroatoms. The summed E-state index contributed by atoms with van der Waals surface area (Å²) < 4.78 is 2.18. The Morgan fingerprint density at radius 2 is 2.03 bits per heavy atom. The minimum Gasteiger partial charge on any atom is -0.342 e. The number of aryl methyl sites for hydroxylation is 1. The summed E-state index contributed by atoms with van der Waals surface area (Å²) in [5.41, 5.74) is 2.40. The van der Waals surface area contributed by atoms with Gasteiger partial charge >= 0.3 is 0 Å². The summed E-state index contributed by atoms with van der Waals surface area (Å²) in [6, 6.07) is 0. The molecule has 164 valence electrons. The van der Waals surface area contributed by atoms with Crippen molar-refractivity contribution in [1.29, 1.82) is 0 Å². The van der Waals surface area contributed by atoms with Crippen molar-refractivity contribution in [3.05, 3.63) is 16.3 Å². The zero-order chi connectivity index (χ0) is 21.1. The van der Waals surface area contributed by atoms with E-state index in [-0.39, 0.29) is 5.91 Å². The normalized spacial score (nSPS) is 24.1. The number of aromatic nitrogens is 4. The van der Waals surface area contributed by atoms with Crippen LogP contribution in [0.15, 0.2) is 5.16 Å². The summed E-state index contributed by atoms with van der Waals surface area (Å²) in [5.74, 6) is 3.58. The molecule has 2 atom stereocenters. The maximum atomic E-state index is 12.8. The van der Waals surface area contributed by atoms with Gasteiger partial charge in [-0.3, -0.25) is 9.20 Å². The molecule has 6 nitrogen and oxygen atoms in total. The number of hydrogen-bond donors (Lipinski definition) is 0. The number of thiophene rings is 1. The first-order valence-corrected chi connectivity index (χ1v) is 13.5. The van der Waals surface area contributed by atoms with Gasteiger partial charge in [0.2, 0.25) is 5.91 Å². The van der Waals surface area contributed by atoms with E-state index in [1.165, 1.54) is 53.3 Å². The number of thioether (sulfide) groups is 1. The standard InChI is InChI=1S/C23H29N5OS2/c1-13-5-8-16-17(10-13)31-22-19(16)21-25-26-23(28(21)20(24-22)15-6-7-15)30-12-18(29)27-9-3-4-14(2)11-27/h13-15H,3-12H2,1-2H3/t13-,14+/m1/s1. The number of hydrogen-bond acceptors (Lipinski definition) is 6. The SMILES string of the molecule is C[C@@H]1CCc2c(sc3nc(C4CC4)n4c(SCC(=O)N5CCC[C@H](C)C5)nnc4c23)C1. The number of rotatable bonds is 4. The summed E-state index contributed by atoms with van der Waals surface area (Å²) >= 11 is 3.39. The predicted octanol–water partition coefficient (Wildman–Crippen LogP) is 4.69. The van der Waals surface area contributed by atoms with E-state index < -0.39 is 0 Å². The van der Waals surface area contributed by atoms with Crippen molar-refractivity contribution < 1.29 is 4.79 Å². The van der Waals surface area contributed by atoms with Crippen molar-refractivity contribution >= 4 is 44.9 Å². The lowest BCUT2D eigenvalue weighted by atomic mass is 9.89. The second-order valence-electron chi connectivity index (χ2n) is 9.79. The summed E-state index contributed by atoms with van der Waals surface area (Å²) in [5, 5.41) is 11.3. The molecule has 0 radical (unpaired) electrons. The van der Waals surface area contributed by atoms with Crippen molar-refractivity contribution in [3.63, 3.8) is 0 Å². The number of amides is 1. The van der Waals surface area contributed by atoms with Crippen molar-refractivity contribution in [2.75, 3.05) is 18.8 Å². The molecule has 2 aliphatic carbocycles. The van der Waals surface area contributed by atoms with E-state index in [9.17, 15) is 4.79 Å². The first kappa shape index (κ1) is 20.0. The predicted molar refractivity (Wildman–Crippen MR) is 125 cm³/mol. The molecule has 1 saturated heterocycles. The van der Waals surface area contributed by atoms with Gasteiger partial charge in [0.15, 0.2) is 10.8 Å². The lowest BCUT2D eigenvalue weighted by molar-refractivity contribution is -0.130. The highest BCUT2D eigenvalue weighted by molar-refractivity contribution is 7.99. The lowest BCUT2D eigenvalue weighted by Gasteiger charge is -2.30. The fraction of sp³-hybridized carbons (Fsp3) is 0.652. The Bertz CT molecular complexity index is 1160. The fourth-order valence-electron chi connectivity index (χ4n) is 5.18. The minimum absolute atomic E-state index is 0.220. The van der Waals surface area contributed by atoms with E-state index in [2.05, 4.69) is 28.4 Å². The molecule has 4 heterocycles. The van der Waals surface area contributed by atoms with Gasteiger partial charge in [-0.2, -0.15) is 0 Å². The second-order valence-corrected chi connectivity index (χ2v) is 11.8. The van der Waals surface area contributed by atoms with Crippen LogP contribution < -0.4 is 0 Å². The lowest BCUT2D eigenvalue weighted by Crippen LogP contribution is -2.40. The van der Waals surface area contributed by atoms with Crippen LogP contribution in [0.25, 0.3) is 15.9 Å². The van der Waals surface area contributed by atoms with Gasteiger partial charge in [-0.05, 0) is 62.3 Å². The minimum atomic E-state index is 0.220. The Hall–Kier alpha value is -1.67. The van der Waals surface area contributed by atoms with Crippen LogP contribution in [-0.4, -0.2) is 49.2 Å². The number of nitrogens with zero attached hydrogens (tertiary/aromatic N) is 5. The maximum absolute atomic E-state index is 12.8. The van der Waals surface area contributed by atoms with Gasteiger partial charge in [0.25, 0.3) is 0 Å². The molecule has 1 aliphatic heterocycles. The van der Waals surface area contributed by atoms with Crippen LogP contribution in [0.1, 0.15) is 68.1 Å². The number of fused-ring (bicyclic) bond motifs is 5. The van der Waals surface area contributed by atoms with Gasteiger partial charge in [-0.1, -0.05) is 25.6 Å². The molecular formula is C23H29N5OS2. The number of carbonyl (C=O) groups excluding carboxylic acids is 1. The topological polar surface area (TPSA) is 63.4 Å².